The van der Waals surface area contributed by atoms with E-state index in [1.54, 1.807) is 0 Å². The van der Waals surface area contributed by atoms with Crippen LogP contribution in [0.3, 0.4) is 0 Å². The van der Waals surface area contributed by atoms with Gasteiger partial charge in [-0.05, 0) is 50.2 Å². The highest BCUT2D eigenvalue weighted by atomic mass is 32.1. The molecule has 0 saturated carbocycles. The van der Waals surface area contributed by atoms with E-state index in [1.807, 2.05) is 5.38 Å². The monoisotopic (exact) mass is 319 g/mol. The molecule has 1 aromatic carbocycles. The maximum Gasteiger partial charge on any atom is 0.257 e. The number of carbonyl (C=O) groups excluding carboxylic acids is 1. The fourth-order valence-electron chi connectivity index (χ4n) is 2.55. The second-order valence-electron chi connectivity index (χ2n) is 5.44. The van der Waals surface area contributed by atoms with E-state index in [4.69, 9.17) is 0 Å². The highest BCUT2D eigenvalue weighted by Gasteiger charge is 2.13. The lowest BCUT2D eigenvalue weighted by atomic mass is 10.1. The molecule has 1 N–H and O–H groups in total. The summed E-state index contributed by atoms with van der Waals surface area (Å²) in [6.45, 7) is 3.08. The molecule has 0 aliphatic carbocycles. The lowest BCUT2D eigenvalue weighted by Crippen LogP contribution is -2.29. The van der Waals surface area contributed by atoms with Crippen molar-refractivity contribution in [3.05, 3.63) is 46.7 Å². The van der Waals surface area contributed by atoms with Gasteiger partial charge in [0.2, 0.25) is 0 Å². The Hall–Kier alpha value is -1.79. The molecule has 116 valence electrons. The molecule has 0 atom stereocenters. The van der Waals surface area contributed by atoms with E-state index in [-0.39, 0.29) is 11.7 Å². The smallest absolute Gasteiger partial charge is 0.257 e. The summed E-state index contributed by atoms with van der Waals surface area (Å²) in [5.41, 5.74) is 1.41. The van der Waals surface area contributed by atoms with Gasteiger partial charge < -0.3 is 0 Å². The summed E-state index contributed by atoms with van der Waals surface area (Å²) in [5, 5.41) is 5.33. The van der Waals surface area contributed by atoms with Crippen molar-refractivity contribution in [2.75, 3.05) is 18.4 Å². The van der Waals surface area contributed by atoms with Gasteiger partial charge in [-0.1, -0.05) is 6.42 Å². The Bertz CT molecular complexity index is 635. The summed E-state index contributed by atoms with van der Waals surface area (Å²) >= 11 is 1.42. The number of likely N-dealkylation sites (tertiary alicyclic amines) is 1. The van der Waals surface area contributed by atoms with Crippen LogP contribution < -0.4 is 5.32 Å². The van der Waals surface area contributed by atoms with Gasteiger partial charge in [-0.15, -0.1) is 11.3 Å². The van der Waals surface area contributed by atoms with Gasteiger partial charge in [-0.3, -0.25) is 15.0 Å². The van der Waals surface area contributed by atoms with Crippen LogP contribution in [0.15, 0.2) is 29.6 Å². The summed E-state index contributed by atoms with van der Waals surface area (Å²) in [6, 6.07) is 5.48. The third-order valence-electron chi connectivity index (χ3n) is 3.71. The molecule has 1 fully saturated rings. The number of hydrogen-bond acceptors (Lipinski definition) is 4. The Morgan fingerprint density at radius 1 is 1.23 bits per heavy atom. The number of piperidine rings is 1. The van der Waals surface area contributed by atoms with Gasteiger partial charge in [0.05, 0.1) is 5.69 Å². The van der Waals surface area contributed by atoms with Gasteiger partial charge in [0, 0.05) is 17.5 Å². The van der Waals surface area contributed by atoms with Gasteiger partial charge in [0.1, 0.15) is 5.82 Å². The molecule has 0 radical (unpaired) electrons. The summed E-state index contributed by atoms with van der Waals surface area (Å²) < 4.78 is 12.9. The van der Waals surface area contributed by atoms with Crippen LogP contribution in [0.2, 0.25) is 0 Å². The predicted octanol–water partition coefficient (Wildman–Crippen LogP) is 3.52. The zero-order valence-corrected chi connectivity index (χ0v) is 13.0. The maximum absolute atomic E-state index is 12.9. The largest absolute Gasteiger partial charge is 0.298 e. The van der Waals surface area contributed by atoms with Crippen LogP contribution in [0.5, 0.6) is 0 Å². The molecule has 3 rings (SSSR count). The SMILES string of the molecule is O=C(Nc1nc(CN2CCCCC2)cs1)c1ccc(F)cc1. The van der Waals surface area contributed by atoms with Gasteiger partial charge in [0.25, 0.3) is 5.91 Å². The van der Waals surface area contributed by atoms with E-state index >= 15 is 0 Å². The first-order chi connectivity index (χ1) is 10.7. The van der Waals surface area contributed by atoms with E-state index in [2.05, 4.69) is 15.2 Å². The van der Waals surface area contributed by atoms with Crippen LogP contribution in [0.25, 0.3) is 0 Å². The van der Waals surface area contributed by atoms with Crippen LogP contribution in [-0.2, 0) is 6.54 Å². The van der Waals surface area contributed by atoms with Crippen LogP contribution in [0.1, 0.15) is 35.3 Å². The summed E-state index contributed by atoms with van der Waals surface area (Å²) in [4.78, 5) is 18.9. The number of thiazole rings is 1. The predicted molar refractivity (Wildman–Crippen MR) is 85.6 cm³/mol. The molecule has 2 heterocycles. The standard InChI is InChI=1S/C16H18FN3OS/c17-13-6-4-12(5-7-13)15(21)19-16-18-14(11-22-16)10-20-8-2-1-3-9-20/h4-7,11H,1-3,8-10H2,(H,18,19,21). The average molecular weight is 319 g/mol. The normalized spacial score (nSPS) is 15.7. The zero-order chi connectivity index (χ0) is 15.4. The van der Waals surface area contributed by atoms with Gasteiger partial charge in [-0.25, -0.2) is 9.37 Å². The van der Waals surface area contributed by atoms with Crippen LogP contribution in [0.4, 0.5) is 9.52 Å². The minimum atomic E-state index is -0.352. The topological polar surface area (TPSA) is 45.2 Å². The molecule has 22 heavy (non-hydrogen) atoms. The Balaban J connectivity index is 1.58. The lowest BCUT2D eigenvalue weighted by Gasteiger charge is -2.25. The molecule has 4 nitrogen and oxygen atoms in total. The molecule has 1 aromatic heterocycles. The minimum absolute atomic E-state index is 0.265. The number of amides is 1. The Kier molecular flexibility index (Phi) is 4.80. The van der Waals surface area contributed by atoms with Crippen molar-refractivity contribution in [3.63, 3.8) is 0 Å². The number of anilines is 1. The van der Waals surface area contributed by atoms with Gasteiger partial charge in [-0.2, -0.15) is 0 Å². The summed E-state index contributed by atoms with van der Waals surface area (Å²) in [7, 11) is 0. The van der Waals surface area contributed by atoms with Crippen LogP contribution >= 0.6 is 11.3 Å². The van der Waals surface area contributed by atoms with Crippen molar-refractivity contribution in [3.8, 4) is 0 Å². The molecule has 0 unspecified atom stereocenters. The second kappa shape index (κ2) is 6.98. The van der Waals surface area contributed by atoms with Crippen molar-refractivity contribution in [2.45, 2.75) is 25.8 Å². The fourth-order valence-corrected chi connectivity index (χ4v) is 3.25. The van der Waals surface area contributed by atoms with E-state index < -0.39 is 0 Å². The quantitative estimate of drug-likeness (QED) is 0.938. The molecular weight excluding hydrogens is 301 g/mol. The van der Waals surface area contributed by atoms with Gasteiger partial charge >= 0.3 is 0 Å². The Morgan fingerprint density at radius 2 is 1.95 bits per heavy atom. The maximum atomic E-state index is 12.9. The molecule has 6 heteroatoms. The van der Waals surface area contributed by atoms with E-state index in [0.717, 1.165) is 25.3 Å². The highest BCUT2D eigenvalue weighted by molar-refractivity contribution is 7.13. The molecule has 1 amide bonds. The molecule has 2 aromatic rings. The van der Waals surface area contributed by atoms with Crippen molar-refractivity contribution >= 4 is 22.4 Å². The third-order valence-corrected chi connectivity index (χ3v) is 4.52. The second-order valence-corrected chi connectivity index (χ2v) is 6.30. The number of aromatic nitrogens is 1. The van der Waals surface area contributed by atoms with Crippen molar-refractivity contribution in [1.29, 1.82) is 0 Å². The van der Waals surface area contributed by atoms with Crippen LogP contribution in [-0.4, -0.2) is 28.9 Å². The van der Waals surface area contributed by atoms with E-state index in [9.17, 15) is 9.18 Å². The number of carbonyl (C=O) groups is 1. The Morgan fingerprint density at radius 3 is 2.68 bits per heavy atom. The van der Waals surface area contributed by atoms with Crippen molar-refractivity contribution in [2.24, 2.45) is 0 Å². The number of halogens is 1. The lowest BCUT2D eigenvalue weighted by molar-refractivity contribution is 0.102. The Labute approximate surface area is 133 Å². The van der Waals surface area contributed by atoms with Crippen molar-refractivity contribution < 1.29 is 9.18 Å². The van der Waals surface area contributed by atoms with Crippen molar-refractivity contribution in [1.82, 2.24) is 9.88 Å². The first-order valence-corrected chi connectivity index (χ1v) is 8.32. The molecule has 0 bridgehead atoms. The van der Waals surface area contributed by atoms with E-state index in [0.29, 0.717) is 10.7 Å². The zero-order valence-electron chi connectivity index (χ0n) is 12.2. The molecule has 0 spiro atoms. The average Bonchev–Trinajstić information content (AvgIpc) is 2.96. The first kappa shape index (κ1) is 15.1. The number of nitrogens with zero attached hydrogens (tertiary/aromatic N) is 2. The molecule has 1 aliphatic heterocycles. The number of rotatable bonds is 4. The first-order valence-electron chi connectivity index (χ1n) is 7.44. The number of nitrogens with one attached hydrogen (secondary N) is 1. The minimum Gasteiger partial charge on any atom is -0.298 e. The van der Waals surface area contributed by atoms with Crippen LogP contribution in [0, 0.1) is 5.82 Å². The third kappa shape index (κ3) is 3.90. The summed E-state index contributed by atoms with van der Waals surface area (Å²) in [6.07, 6.45) is 3.81. The number of hydrogen-bond donors (Lipinski definition) is 1. The molecule has 1 aliphatic rings. The van der Waals surface area contributed by atoms with E-state index in [1.165, 1.54) is 54.9 Å². The fraction of sp³-hybridized carbons (Fsp3) is 0.375. The number of benzene rings is 1. The molecular formula is C16H18FN3OS. The van der Waals surface area contributed by atoms with Gasteiger partial charge in [0.15, 0.2) is 5.13 Å². The highest BCUT2D eigenvalue weighted by Crippen LogP contribution is 2.19. The molecule has 1 saturated heterocycles. The summed E-state index contributed by atoms with van der Waals surface area (Å²) in [5.74, 6) is -0.617.